The van der Waals surface area contributed by atoms with Crippen molar-refractivity contribution in [1.82, 2.24) is 14.8 Å². The highest BCUT2D eigenvalue weighted by Gasteiger charge is 2.41. The van der Waals surface area contributed by atoms with Gasteiger partial charge in [-0.2, -0.15) is 0 Å². The fraction of sp³-hybridized carbons (Fsp3) is 0.643. The second kappa shape index (κ2) is 9.62. The summed E-state index contributed by atoms with van der Waals surface area (Å²) in [4.78, 5) is 37.2. The van der Waals surface area contributed by atoms with Gasteiger partial charge in [0.25, 0.3) is 11.5 Å². The van der Waals surface area contributed by atoms with Crippen LogP contribution >= 0.6 is 11.3 Å². The SMILES string of the molecule is COC1CN(C2CCC(C)(N(C)c3sc4c(c3C)C(=O)N(Cc3c(C)cc(C)[nH]c3=O)CC4)CC2)C1. The van der Waals surface area contributed by atoms with Gasteiger partial charge in [-0.3, -0.25) is 14.5 Å². The summed E-state index contributed by atoms with van der Waals surface area (Å²) in [6, 6.07) is 2.64. The van der Waals surface area contributed by atoms with Gasteiger partial charge in [0, 0.05) is 67.9 Å². The standard InChI is InChI=1S/C28H40N4O3S/c1-17-13-18(2)29-25(33)22(17)16-31-12-9-23-24(26(31)34)19(3)27(36-23)30(5)28(4)10-7-20(8-11-28)32-14-21(15-32)35-6/h13,20-21H,7-12,14-16H2,1-6H3,(H,29,33). The molecule has 1 saturated carbocycles. The lowest BCUT2D eigenvalue weighted by molar-refractivity contribution is -0.0601. The summed E-state index contributed by atoms with van der Waals surface area (Å²) < 4.78 is 5.47. The zero-order valence-electron chi connectivity index (χ0n) is 22.6. The van der Waals surface area contributed by atoms with Crippen LogP contribution in [0.3, 0.4) is 0 Å². The minimum Gasteiger partial charge on any atom is -0.379 e. The number of nitrogens with zero attached hydrogens (tertiary/aromatic N) is 3. The van der Waals surface area contributed by atoms with Gasteiger partial charge in [0.1, 0.15) is 0 Å². The van der Waals surface area contributed by atoms with Crippen LogP contribution in [0, 0.1) is 20.8 Å². The number of aromatic amines is 1. The van der Waals surface area contributed by atoms with Crippen LogP contribution in [0.15, 0.2) is 10.9 Å². The average molecular weight is 513 g/mol. The number of methoxy groups -OCH3 is 1. The summed E-state index contributed by atoms with van der Waals surface area (Å²) in [5.41, 5.74) is 4.43. The number of ether oxygens (including phenoxy) is 1. The first-order valence-electron chi connectivity index (χ1n) is 13.2. The molecular weight excluding hydrogens is 472 g/mol. The molecule has 5 rings (SSSR count). The van der Waals surface area contributed by atoms with Crippen molar-refractivity contribution in [2.24, 2.45) is 0 Å². The number of H-pyrrole nitrogens is 1. The maximum atomic E-state index is 13.6. The highest BCUT2D eigenvalue weighted by atomic mass is 32.1. The minimum absolute atomic E-state index is 0.0587. The number of pyridine rings is 1. The number of aryl methyl sites for hydroxylation is 2. The fourth-order valence-corrected chi connectivity index (χ4v) is 7.72. The first-order chi connectivity index (χ1) is 17.1. The van der Waals surface area contributed by atoms with Crippen molar-refractivity contribution in [3.05, 3.63) is 49.2 Å². The molecule has 7 nitrogen and oxygen atoms in total. The van der Waals surface area contributed by atoms with Gasteiger partial charge >= 0.3 is 0 Å². The molecule has 8 heteroatoms. The zero-order valence-corrected chi connectivity index (χ0v) is 23.4. The average Bonchev–Trinajstić information content (AvgIpc) is 3.14. The van der Waals surface area contributed by atoms with Crippen molar-refractivity contribution >= 4 is 22.2 Å². The van der Waals surface area contributed by atoms with Crippen LogP contribution in [-0.4, -0.2) is 72.2 Å². The van der Waals surface area contributed by atoms with E-state index >= 15 is 0 Å². The van der Waals surface area contributed by atoms with Crippen LogP contribution in [0.1, 0.15) is 70.2 Å². The van der Waals surface area contributed by atoms with Crippen molar-refractivity contribution < 1.29 is 9.53 Å². The van der Waals surface area contributed by atoms with E-state index in [1.807, 2.05) is 31.9 Å². The third-order valence-corrected chi connectivity index (χ3v) is 10.4. The van der Waals surface area contributed by atoms with Crippen LogP contribution in [0.4, 0.5) is 5.00 Å². The predicted molar refractivity (Wildman–Crippen MR) is 145 cm³/mol. The number of fused-ring (bicyclic) bond motifs is 1. The number of carbonyl (C=O) groups excluding carboxylic acids is 1. The lowest BCUT2D eigenvalue weighted by atomic mass is 9.78. The summed E-state index contributed by atoms with van der Waals surface area (Å²) in [6.07, 6.45) is 5.97. The fourth-order valence-electron chi connectivity index (χ4n) is 6.34. The number of anilines is 1. The first kappa shape index (κ1) is 25.5. The molecule has 1 N–H and O–H groups in total. The lowest BCUT2D eigenvalue weighted by Crippen LogP contribution is -2.59. The van der Waals surface area contributed by atoms with Gasteiger partial charge in [0.2, 0.25) is 0 Å². The van der Waals surface area contributed by atoms with Crippen molar-refractivity contribution in [3.8, 4) is 0 Å². The molecular formula is C28H40N4O3S. The summed E-state index contributed by atoms with van der Waals surface area (Å²) in [5.74, 6) is 0.0587. The molecule has 0 bridgehead atoms. The molecule has 2 aromatic rings. The number of aromatic nitrogens is 1. The predicted octanol–water partition coefficient (Wildman–Crippen LogP) is 4.03. The molecule has 3 aliphatic rings. The molecule has 0 unspecified atom stereocenters. The Morgan fingerprint density at radius 3 is 2.53 bits per heavy atom. The molecule has 2 aromatic heterocycles. The van der Waals surface area contributed by atoms with E-state index < -0.39 is 0 Å². The van der Waals surface area contributed by atoms with Gasteiger partial charge < -0.3 is 19.5 Å². The van der Waals surface area contributed by atoms with Crippen LogP contribution in [0.25, 0.3) is 0 Å². The van der Waals surface area contributed by atoms with Crippen molar-refractivity contribution in [1.29, 1.82) is 0 Å². The van der Waals surface area contributed by atoms with Crippen LogP contribution < -0.4 is 10.5 Å². The van der Waals surface area contributed by atoms with E-state index in [4.69, 9.17) is 4.74 Å². The molecule has 0 spiro atoms. The number of rotatable bonds is 6. The topological polar surface area (TPSA) is 68.9 Å². The molecule has 0 radical (unpaired) electrons. The smallest absolute Gasteiger partial charge is 0.255 e. The Balaban J connectivity index is 1.30. The Hall–Kier alpha value is -2.16. The third kappa shape index (κ3) is 4.41. The molecule has 2 aliphatic heterocycles. The van der Waals surface area contributed by atoms with E-state index in [0.29, 0.717) is 30.8 Å². The molecule has 4 heterocycles. The summed E-state index contributed by atoms with van der Waals surface area (Å²) >= 11 is 1.79. The second-order valence-electron chi connectivity index (χ2n) is 11.3. The molecule has 2 fully saturated rings. The number of amides is 1. The Kier molecular flexibility index (Phi) is 6.81. The van der Waals surface area contributed by atoms with Gasteiger partial charge in [-0.25, -0.2) is 0 Å². The molecule has 196 valence electrons. The minimum atomic E-state index is -0.0898. The number of nitrogens with one attached hydrogen (secondary N) is 1. The quantitative estimate of drug-likeness (QED) is 0.633. The van der Waals surface area contributed by atoms with Gasteiger partial charge in [0.05, 0.1) is 23.2 Å². The highest BCUT2D eigenvalue weighted by Crippen LogP contribution is 2.44. The highest BCUT2D eigenvalue weighted by molar-refractivity contribution is 7.16. The van der Waals surface area contributed by atoms with Crippen molar-refractivity contribution in [3.63, 3.8) is 0 Å². The van der Waals surface area contributed by atoms with Crippen molar-refractivity contribution in [2.45, 2.75) is 84.0 Å². The van der Waals surface area contributed by atoms with Gasteiger partial charge in [-0.1, -0.05) is 0 Å². The van der Waals surface area contributed by atoms with E-state index in [1.54, 1.807) is 11.3 Å². The molecule has 36 heavy (non-hydrogen) atoms. The molecule has 1 saturated heterocycles. The zero-order chi connectivity index (χ0) is 25.8. The maximum Gasteiger partial charge on any atom is 0.255 e. The second-order valence-corrected chi connectivity index (χ2v) is 12.4. The van der Waals surface area contributed by atoms with Crippen LogP contribution in [0.5, 0.6) is 0 Å². The summed E-state index contributed by atoms with van der Waals surface area (Å²) in [7, 11) is 4.03. The Morgan fingerprint density at radius 1 is 1.19 bits per heavy atom. The largest absolute Gasteiger partial charge is 0.379 e. The first-order valence-corrected chi connectivity index (χ1v) is 14.0. The Morgan fingerprint density at radius 2 is 1.89 bits per heavy atom. The van der Waals surface area contributed by atoms with Gasteiger partial charge in [-0.15, -0.1) is 11.3 Å². The van der Waals surface area contributed by atoms with Gasteiger partial charge in [0.15, 0.2) is 0 Å². The van der Waals surface area contributed by atoms with E-state index in [1.165, 1.54) is 22.7 Å². The molecule has 1 amide bonds. The molecule has 1 aliphatic carbocycles. The number of carbonyl (C=O) groups is 1. The van der Waals surface area contributed by atoms with E-state index in [-0.39, 0.29) is 17.0 Å². The lowest BCUT2D eigenvalue weighted by Gasteiger charge is -2.50. The normalized spacial score (nSPS) is 25.1. The maximum absolute atomic E-state index is 13.6. The Bertz CT molecular complexity index is 1200. The van der Waals surface area contributed by atoms with Crippen molar-refractivity contribution in [2.75, 3.05) is 38.7 Å². The Labute approximate surface area is 218 Å². The number of likely N-dealkylation sites (tertiary alicyclic amines) is 1. The third-order valence-electron chi connectivity index (χ3n) is 9.02. The number of hydrogen-bond acceptors (Lipinski definition) is 6. The van der Waals surface area contributed by atoms with Crippen LogP contribution in [0.2, 0.25) is 0 Å². The summed E-state index contributed by atoms with van der Waals surface area (Å²) in [6.45, 7) is 11.5. The monoisotopic (exact) mass is 512 g/mol. The number of thiophene rings is 1. The van der Waals surface area contributed by atoms with E-state index in [0.717, 1.165) is 54.7 Å². The van der Waals surface area contributed by atoms with E-state index in [9.17, 15) is 9.59 Å². The van der Waals surface area contributed by atoms with E-state index in [2.05, 4.69) is 35.7 Å². The summed E-state index contributed by atoms with van der Waals surface area (Å²) in [5, 5.41) is 1.23. The molecule has 0 atom stereocenters. The van der Waals surface area contributed by atoms with Crippen LogP contribution in [-0.2, 0) is 17.7 Å². The number of hydrogen-bond donors (Lipinski definition) is 1. The van der Waals surface area contributed by atoms with Gasteiger partial charge in [-0.05, 0) is 70.6 Å². The molecule has 0 aromatic carbocycles.